The SMILES string of the molecule is CC(=O)OCC(=O)NC(=NCCCOc1cccc(C2OCCO2)c1)N(C)N=Cc1ccccc1. The Morgan fingerprint density at radius 2 is 1.91 bits per heavy atom. The number of rotatable bonds is 10. The van der Waals surface area contributed by atoms with Crippen molar-refractivity contribution in [2.75, 3.05) is 40.0 Å². The number of nitrogens with one attached hydrogen (secondary N) is 1. The van der Waals surface area contributed by atoms with Gasteiger partial charge in [0.2, 0.25) is 5.96 Å². The van der Waals surface area contributed by atoms with E-state index >= 15 is 0 Å². The third-order valence-electron chi connectivity index (χ3n) is 4.73. The second kappa shape index (κ2) is 13.8. The lowest BCUT2D eigenvalue weighted by Crippen LogP contribution is -2.42. The van der Waals surface area contributed by atoms with Gasteiger partial charge in [0.15, 0.2) is 12.9 Å². The summed E-state index contributed by atoms with van der Waals surface area (Å²) in [5.74, 6) is -0.108. The quantitative estimate of drug-likeness (QED) is 0.182. The minimum absolute atomic E-state index is 0.229. The van der Waals surface area contributed by atoms with Crippen molar-refractivity contribution in [3.63, 3.8) is 0 Å². The van der Waals surface area contributed by atoms with E-state index < -0.39 is 18.5 Å². The van der Waals surface area contributed by atoms with Gasteiger partial charge in [0, 0.05) is 32.5 Å². The van der Waals surface area contributed by atoms with E-state index in [2.05, 4.69) is 15.4 Å². The van der Waals surface area contributed by atoms with Gasteiger partial charge in [-0.15, -0.1) is 0 Å². The van der Waals surface area contributed by atoms with Crippen molar-refractivity contribution in [3.8, 4) is 5.75 Å². The first-order valence-electron chi connectivity index (χ1n) is 11.3. The molecule has 2 aromatic carbocycles. The van der Waals surface area contributed by atoms with Crippen LogP contribution in [0.2, 0.25) is 0 Å². The molecule has 0 saturated carbocycles. The first-order chi connectivity index (χ1) is 17.0. The second-order valence-corrected chi connectivity index (χ2v) is 7.56. The molecule has 10 nitrogen and oxygen atoms in total. The summed E-state index contributed by atoms with van der Waals surface area (Å²) in [5.41, 5.74) is 1.81. The topological polar surface area (TPSA) is 111 Å². The Balaban J connectivity index is 1.54. The van der Waals surface area contributed by atoms with Crippen LogP contribution in [0.5, 0.6) is 5.75 Å². The minimum Gasteiger partial charge on any atom is -0.494 e. The smallest absolute Gasteiger partial charge is 0.303 e. The number of ether oxygens (including phenoxy) is 4. The van der Waals surface area contributed by atoms with Crippen molar-refractivity contribution in [3.05, 3.63) is 65.7 Å². The summed E-state index contributed by atoms with van der Waals surface area (Å²) in [6, 6.07) is 17.1. The van der Waals surface area contributed by atoms with Crippen LogP contribution in [-0.2, 0) is 23.8 Å². The Bertz CT molecular complexity index is 1020. The van der Waals surface area contributed by atoms with Gasteiger partial charge in [-0.2, -0.15) is 5.10 Å². The summed E-state index contributed by atoms with van der Waals surface area (Å²) >= 11 is 0. The molecule has 10 heteroatoms. The molecule has 0 bridgehead atoms. The molecule has 0 atom stereocenters. The lowest BCUT2D eigenvalue weighted by molar-refractivity contribution is -0.146. The largest absolute Gasteiger partial charge is 0.494 e. The zero-order valence-corrected chi connectivity index (χ0v) is 19.9. The van der Waals surface area contributed by atoms with Crippen molar-refractivity contribution in [2.24, 2.45) is 10.1 Å². The van der Waals surface area contributed by atoms with Crippen LogP contribution in [0.4, 0.5) is 0 Å². The summed E-state index contributed by atoms with van der Waals surface area (Å²) in [5, 5.41) is 8.42. The maximum atomic E-state index is 12.2. The molecule has 1 saturated heterocycles. The molecule has 1 amide bonds. The molecule has 1 heterocycles. The van der Waals surface area contributed by atoms with Gasteiger partial charge in [0.05, 0.1) is 26.0 Å². The van der Waals surface area contributed by atoms with Gasteiger partial charge in [0.25, 0.3) is 5.91 Å². The van der Waals surface area contributed by atoms with Gasteiger partial charge in [0.1, 0.15) is 5.75 Å². The van der Waals surface area contributed by atoms with E-state index in [0.717, 1.165) is 11.1 Å². The Labute approximate surface area is 204 Å². The molecule has 0 aromatic heterocycles. The predicted octanol–water partition coefficient (Wildman–Crippen LogP) is 2.50. The van der Waals surface area contributed by atoms with Gasteiger partial charge in [-0.1, -0.05) is 42.5 Å². The highest BCUT2D eigenvalue weighted by atomic mass is 16.7. The van der Waals surface area contributed by atoms with Crippen molar-refractivity contribution < 1.29 is 28.5 Å². The molecule has 186 valence electrons. The third kappa shape index (κ3) is 9.19. The number of hydrogen-bond donors (Lipinski definition) is 1. The van der Waals surface area contributed by atoms with Crippen molar-refractivity contribution in [1.29, 1.82) is 0 Å². The molecule has 3 rings (SSSR count). The number of amides is 1. The van der Waals surface area contributed by atoms with E-state index in [-0.39, 0.29) is 12.2 Å². The van der Waals surface area contributed by atoms with E-state index in [1.165, 1.54) is 11.9 Å². The molecule has 0 radical (unpaired) electrons. The molecule has 1 aliphatic rings. The summed E-state index contributed by atoms with van der Waals surface area (Å²) < 4.78 is 21.6. The van der Waals surface area contributed by atoms with Crippen LogP contribution in [0.25, 0.3) is 0 Å². The number of esters is 1. The highest BCUT2D eigenvalue weighted by molar-refractivity contribution is 5.98. The molecule has 1 aliphatic heterocycles. The van der Waals surface area contributed by atoms with E-state index in [4.69, 9.17) is 18.9 Å². The zero-order chi connectivity index (χ0) is 24.9. The monoisotopic (exact) mass is 482 g/mol. The van der Waals surface area contributed by atoms with Crippen molar-refractivity contribution in [1.82, 2.24) is 10.3 Å². The van der Waals surface area contributed by atoms with Gasteiger partial charge < -0.3 is 18.9 Å². The highest BCUT2D eigenvalue weighted by Gasteiger charge is 2.18. The fraction of sp³-hybridized carbons (Fsp3) is 0.360. The fourth-order valence-corrected chi connectivity index (χ4v) is 3.04. The van der Waals surface area contributed by atoms with Crippen LogP contribution < -0.4 is 10.1 Å². The number of benzene rings is 2. The number of carbonyl (C=O) groups is 2. The standard InChI is InChI=1S/C25H30N4O6/c1-19(30)35-18-23(31)28-25(29(2)27-17-20-8-4-3-5-9-20)26-12-7-13-32-22-11-6-10-21(16-22)24-33-14-15-34-24/h3-6,8-11,16-17,24H,7,12-15,18H2,1-2H3,(H,26,28,31). The molecule has 2 aromatic rings. The first-order valence-corrected chi connectivity index (χ1v) is 11.3. The zero-order valence-electron chi connectivity index (χ0n) is 19.9. The van der Waals surface area contributed by atoms with Crippen LogP contribution in [-0.4, -0.2) is 69.1 Å². The van der Waals surface area contributed by atoms with Crippen molar-refractivity contribution in [2.45, 2.75) is 19.6 Å². The normalized spacial score (nSPS) is 14.2. The Morgan fingerprint density at radius 1 is 1.14 bits per heavy atom. The molecule has 1 N–H and O–H groups in total. The summed E-state index contributed by atoms with van der Waals surface area (Å²) in [6.07, 6.45) is 1.90. The van der Waals surface area contributed by atoms with E-state index in [9.17, 15) is 9.59 Å². The summed E-state index contributed by atoms with van der Waals surface area (Å²) in [7, 11) is 1.67. The van der Waals surface area contributed by atoms with Crippen LogP contribution >= 0.6 is 0 Å². The second-order valence-electron chi connectivity index (χ2n) is 7.56. The molecule has 0 spiro atoms. The molecule has 1 fully saturated rings. The number of guanidine groups is 1. The molecule has 0 aliphatic carbocycles. The Hall–Kier alpha value is -3.76. The fourth-order valence-electron chi connectivity index (χ4n) is 3.04. The Kier molecular flexibility index (Phi) is 10.2. The van der Waals surface area contributed by atoms with Crippen LogP contribution in [0, 0.1) is 0 Å². The number of carbonyl (C=O) groups excluding carboxylic acids is 2. The molecular weight excluding hydrogens is 452 g/mol. The lowest BCUT2D eigenvalue weighted by Gasteiger charge is -2.17. The van der Waals surface area contributed by atoms with Gasteiger partial charge in [-0.05, 0) is 17.7 Å². The number of hydrazone groups is 1. The minimum atomic E-state index is -0.540. The summed E-state index contributed by atoms with van der Waals surface area (Å²) in [6.45, 7) is 2.79. The number of aliphatic imine (C=N–C) groups is 1. The van der Waals surface area contributed by atoms with Crippen LogP contribution in [0.15, 0.2) is 64.7 Å². The van der Waals surface area contributed by atoms with Gasteiger partial charge in [-0.3, -0.25) is 19.9 Å². The van der Waals surface area contributed by atoms with Gasteiger partial charge in [-0.25, -0.2) is 5.01 Å². The Morgan fingerprint density at radius 3 is 2.66 bits per heavy atom. The van der Waals surface area contributed by atoms with Crippen LogP contribution in [0.3, 0.4) is 0 Å². The molecule has 0 unspecified atom stereocenters. The maximum Gasteiger partial charge on any atom is 0.303 e. The number of hydrogen-bond acceptors (Lipinski definition) is 8. The predicted molar refractivity (Wildman–Crippen MR) is 130 cm³/mol. The van der Waals surface area contributed by atoms with Gasteiger partial charge >= 0.3 is 5.97 Å². The molecule has 35 heavy (non-hydrogen) atoms. The van der Waals surface area contributed by atoms with E-state index in [0.29, 0.717) is 38.5 Å². The lowest BCUT2D eigenvalue weighted by atomic mass is 10.2. The third-order valence-corrected chi connectivity index (χ3v) is 4.73. The van der Waals surface area contributed by atoms with Crippen LogP contribution in [0.1, 0.15) is 30.8 Å². The number of nitrogens with zero attached hydrogens (tertiary/aromatic N) is 3. The first kappa shape index (κ1) is 25.9. The average molecular weight is 483 g/mol. The maximum absolute atomic E-state index is 12.2. The average Bonchev–Trinajstić information content (AvgIpc) is 3.41. The van der Waals surface area contributed by atoms with E-state index in [1.54, 1.807) is 13.3 Å². The van der Waals surface area contributed by atoms with Crippen molar-refractivity contribution >= 4 is 24.1 Å². The van der Waals surface area contributed by atoms with E-state index in [1.807, 2.05) is 54.6 Å². The summed E-state index contributed by atoms with van der Waals surface area (Å²) in [4.78, 5) is 27.6. The highest BCUT2D eigenvalue weighted by Crippen LogP contribution is 2.26. The molecular formula is C25H30N4O6.